The highest BCUT2D eigenvalue weighted by Gasteiger charge is 2.27. The average Bonchev–Trinajstić information content (AvgIpc) is 2.67. The highest BCUT2D eigenvalue weighted by Crippen LogP contribution is 2.33. The van der Waals surface area contributed by atoms with Crippen molar-refractivity contribution in [1.29, 1.82) is 5.26 Å². The molecular formula is C18H18N4O3. The Kier molecular flexibility index (Phi) is 5.21. The Morgan fingerprint density at radius 1 is 1.40 bits per heavy atom. The van der Waals surface area contributed by atoms with Gasteiger partial charge in [-0.2, -0.15) is 5.26 Å². The number of pyridine rings is 1. The normalized spacial score (nSPS) is 19.8. The molecule has 128 valence electrons. The van der Waals surface area contributed by atoms with Crippen LogP contribution in [-0.4, -0.2) is 23.1 Å². The minimum absolute atomic E-state index is 0.00830. The van der Waals surface area contributed by atoms with Crippen molar-refractivity contribution in [2.75, 3.05) is 18.5 Å². The zero-order valence-corrected chi connectivity index (χ0v) is 13.6. The maximum atomic E-state index is 10.8. The number of nitriles is 1. The minimum Gasteiger partial charge on any atom is -0.373 e. The standard InChI is InChI=1S/C18H18N4O3/c19-10-15-9-16(22(23)24)12-21-18(15)20-11-14-7-4-8-25-17(14)13-5-2-1-3-6-13/h1-3,5-6,9,12,14,17H,4,7-8,11H2,(H,20,21)/t14-,17-/m0/s1. The number of nitro groups is 1. The number of nitrogens with zero attached hydrogens (tertiary/aromatic N) is 3. The maximum absolute atomic E-state index is 10.8. The fraction of sp³-hybridized carbons (Fsp3) is 0.333. The molecule has 2 heterocycles. The molecular weight excluding hydrogens is 320 g/mol. The summed E-state index contributed by atoms with van der Waals surface area (Å²) in [5, 5.41) is 23.2. The van der Waals surface area contributed by atoms with Crippen molar-refractivity contribution in [3.8, 4) is 6.07 Å². The van der Waals surface area contributed by atoms with Crippen molar-refractivity contribution < 1.29 is 9.66 Å². The molecule has 1 aromatic heterocycles. The lowest BCUT2D eigenvalue weighted by molar-refractivity contribution is -0.385. The van der Waals surface area contributed by atoms with E-state index in [0.29, 0.717) is 12.4 Å². The van der Waals surface area contributed by atoms with Crippen molar-refractivity contribution >= 4 is 11.5 Å². The smallest absolute Gasteiger partial charge is 0.289 e. The van der Waals surface area contributed by atoms with Crippen molar-refractivity contribution in [3.05, 3.63) is 63.8 Å². The van der Waals surface area contributed by atoms with Crippen LogP contribution in [0.1, 0.15) is 30.1 Å². The first-order chi connectivity index (χ1) is 12.2. The third-order valence-corrected chi connectivity index (χ3v) is 4.31. The molecule has 0 unspecified atom stereocenters. The van der Waals surface area contributed by atoms with Gasteiger partial charge in [-0.3, -0.25) is 10.1 Å². The topological polar surface area (TPSA) is 101 Å². The molecule has 2 atom stereocenters. The number of rotatable bonds is 5. The number of ether oxygens (including phenoxy) is 1. The maximum Gasteiger partial charge on any atom is 0.289 e. The van der Waals surface area contributed by atoms with E-state index in [9.17, 15) is 15.4 Å². The molecule has 0 bridgehead atoms. The van der Waals surface area contributed by atoms with Crippen LogP contribution >= 0.6 is 0 Å². The summed E-state index contributed by atoms with van der Waals surface area (Å²) in [5.74, 6) is 0.602. The van der Waals surface area contributed by atoms with Gasteiger partial charge in [-0.05, 0) is 18.4 Å². The first-order valence-corrected chi connectivity index (χ1v) is 8.14. The fourth-order valence-corrected chi connectivity index (χ4v) is 3.07. The lowest BCUT2D eigenvalue weighted by Gasteiger charge is -2.32. The van der Waals surface area contributed by atoms with Crippen LogP contribution in [-0.2, 0) is 4.74 Å². The van der Waals surface area contributed by atoms with Gasteiger partial charge >= 0.3 is 0 Å². The fourth-order valence-electron chi connectivity index (χ4n) is 3.07. The molecule has 0 spiro atoms. The van der Waals surface area contributed by atoms with E-state index in [4.69, 9.17) is 4.74 Å². The Bertz CT molecular complexity index is 789. The lowest BCUT2D eigenvalue weighted by Crippen LogP contribution is -2.28. The predicted molar refractivity (Wildman–Crippen MR) is 92.0 cm³/mol. The van der Waals surface area contributed by atoms with Crippen LogP contribution in [0.4, 0.5) is 11.5 Å². The molecule has 7 nitrogen and oxygen atoms in total. The van der Waals surface area contributed by atoms with Crippen molar-refractivity contribution in [2.45, 2.75) is 18.9 Å². The zero-order valence-electron chi connectivity index (χ0n) is 13.6. The van der Waals surface area contributed by atoms with Gasteiger partial charge in [-0.1, -0.05) is 30.3 Å². The van der Waals surface area contributed by atoms with E-state index in [0.717, 1.165) is 31.2 Å². The molecule has 0 radical (unpaired) electrons. The Morgan fingerprint density at radius 2 is 2.20 bits per heavy atom. The van der Waals surface area contributed by atoms with Gasteiger partial charge in [0.1, 0.15) is 23.6 Å². The molecule has 1 fully saturated rings. The molecule has 1 aliphatic heterocycles. The Labute approximate surface area is 145 Å². The predicted octanol–water partition coefficient (Wildman–Crippen LogP) is 3.44. The summed E-state index contributed by atoms with van der Waals surface area (Å²) in [6, 6.07) is 13.2. The molecule has 25 heavy (non-hydrogen) atoms. The van der Waals surface area contributed by atoms with Gasteiger partial charge in [0, 0.05) is 25.1 Å². The van der Waals surface area contributed by atoms with E-state index in [1.165, 1.54) is 6.07 Å². The highest BCUT2D eigenvalue weighted by molar-refractivity contribution is 5.55. The Hall–Kier alpha value is -2.98. The molecule has 0 aliphatic carbocycles. The average molecular weight is 338 g/mol. The van der Waals surface area contributed by atoms with Gasteiger partial charge in [-0.15, -0.1) is 0 Å². The number of hydrogen-bond acceptors (Lipinski definition) is 6. The monoisotopic (exact) mass is 338 g/mol. The van der Waals surface area contributed by atoms with Crippen LogP contribution in [0.5, 0.6) is 0 Å². The summed E-state index contributed by atoms with van der Waals surface area (Å²) in [7, 11) is 0. The van der Waals surface area contributed by atoms with E-state index in [1.807, 2.05) is 36.4 Å². The van der Waals surface area contributed by atoms with E-state index in [1.54, 1.807) is 0 Å². The minimum atomic E-state index is -0.558. The largest absolute Gasteiger partial charge is 0.373 e. The van der Waals surface area contributed by atoms with E-state index < -0.39 is 4.92 Å². The van der Waals surface area contributed by atoms with Crippen molar-refractivity contribution in [2.24, 2.45) is 5.92 Å². The van der Waals surface area contributed by atoms with E-state index in [2.05, 4.69) is 10.3 Å². The SMILES string of the molecule is N#Cc1cc([N+](=O)[O-])cnc1NC[C@@H]1CCCO[C@H]1c1ccccc1. The molecule has 1 saturated heterocycles. The summed E-state index contributed by atoms with van der Waals surface area (Å²) in [6.45, 7) is 1.31. The zero-order chi connectivity index (χ0) is 17.6. The van der Waals surface area contributed by atoms with Crippen LogP contribution in [0.15, 0.2) is 42.6 Å². The van der Waals surface area contributed by atoms with Gasteiger partial charge in [0.15, 0.2) is 0 Å². The van der Waals surface area contributed by atoms with Gasteiger partial charge < -0.3 is 10.1 Å². The second-order valence-corrected chi connectivity index (χ2v) is 5.94. The second kappa shape index (κ2) is 7.73. The Balaban J connectivity index is 1.73. The quantitative estimate of drug-likeness (QED) is 0.662. The number of hydrogen-bond donors (Lipinski definition) is 1. The van der Waals surface area contributed by atoms with Crippen LogP contribution in [0.25, 0.3) is 0 Å². The van der Waals surface area contributed by atoms with E-state index in [-0.39, 0.29) is 23.3 Å². The molecule has 1 aromatic carbocycles. The van der Waals surface area contributed by atoms with Gasteiger partial charge in [-0.25, -0.2) is 4.98 Å². The number of benzene rings is 1. The second-order valence-electron chi connectivity index (χ2n) is 5.94. The first kappa shape index (κ1) is 16.9. The van der Waals surface area contributed by atoms with E-state index >= 15 is 0 Å². The summed E-state index contributed by atoms with van der Waals surface area (Å²) in [5.41, 5.74) is 1.11. The van der Waals surface area contributed by atoms with Gasteiger partial charge in [0.25, 0.3) is 5.69 Å². The summed E-state index contributed by atoms with van der Waals surface area (Å²) in [6.07, 6.45) is 3.14. The molecule has 0 saturated carbocycles. The van der Waals surface area contributed by atoms with Crippen LogP contribution in [0.3, 0.4) is 0 Å². The Morgan fingerprint density at radius 3 is 2.92 bits per heavy atom. The number of nitrogens with one attached hydrogen (secondary N) is 1. The molecule has 3 rings (SSSR count). The summed E-state index contributed by atoms with van der Waals surface area (Å²) < 4.78 is 5.96. The molecule has 7 heteroatoms. The molecule has 1 aliphatic rings. The third kappa shape index (κ3) is 3.92. The number of anilines is 1. The molecule has 1 N–H and O–H groups in total. The molecule has 2 aromatic rings. The third-order valence-electron chi connectivity index (χ3n) is 4.31. The van der Waals surface area contributed by atoms with Crippen LogP contribution in [0.2, 0.25) is 0 Å². The van der Waals surface area contributed by atoms with Gasteiger partial charge in [0.05, 0.1) is 11.0 Å². The number of aromatic nitrogens is 1. The van der Waals surface area contributed by atoms with Crippen molar-refractivity contribution in [1.82, 2.24) is 4.98 Å². The summed E-state index contributed by atoms with van der Waals surface area (Å²) >= 11 is 0. The van der Waals surface area contributed by atoms with Crippen molar-refractivity contribution in [3.63, 3.8) is 0 Å². The summed E-state index contributed by atoms with van der Waals surface area (Å²) in [4.78, 5) is 14.3. The van der Waals surface area contributed by atoms with Gasteiger partial charge in [0.2, 0.25) is 0 Å². The first-order valence-electron chi connectivity index (χ1n) is 8.14. The lowest BCUT2D eigenvalue weighted by atomic mass is 9.89. The molecule has 0 amide bonds. The highest BCUT2D eigenvalue weighted by atomic mass is 16.6. The van der Waals surface area contributed by atoms with Crippen LogP contribution in [0, 0.1) is 27.4 Å². The van der Waals surface area contributed by atoms with Crippen LogP contribution < -0.4 is 5.32 Å².